The van der Waals surface area contributed by atoms with E-state index in [0.29, 0.717) is 25.8 Å². The molecule has 1 amide bonds. The molecule has 19 heavy (non-hydrogen) atoms. The molecule has 5 heteroatoms. The number of amides is 1. The van der Waals surface area contributed by atoms with Gasteiger partial charge < -0.3 is 14.4 Å². The summed E-state index contributed by atoms with van der Waals surface area (Å²) in [7, 11) is -3.55. The molecular weight excluding hydrogens is 261 g/mol. The summed E-state index contributed by atoms with van der Waals surface area (Å²) in [6, 6.07) is 7.88. The van der Waals surface area contributed by atoms with E-state index in [2.05, 4.69) is 0 Å². The normalized spacial score (nSPS) is 22.6. The van der Waals surface area contributed by atoms with E-state index in [-0.39, 0.29) is 17.9 Å². The van der Waals surface area contributed by atoms with Crippen molar-refractivity contribution in [2.24, 2.45) is 0 Å². The largest absolute Gasteiger partial charge is 0.798 e. The highest BCUT2D eigenvalue weighted by molar-refractivity contribution is 7.57. The average Bonchev–Trinajstić information content (AvgIpc) is 2.96. The van der Waals surface area contributed by atoms with Gasteiger partial charge in [0, 0.05) is 26.0 Å². The van der Waals surface area contributed by atoms with Crippen molar-refractivity contribution in [2.75, 3.05) is 12.8 Å². The number of fused-ring (bicyclic) bond motifs is 1. The monoisotopic (exact) mass is 278 g/mol. The third kappa shape index (κ3) is 2.47. The summed E-state index contributed by atoms with van der Waals surface area (Å²) in [4.78, 5) is 25.5. The van der Waals surface area contributed by atoms with Crippen molar-refractivity contribution in [3.05, 3.63) is 35.4 Å². The summed E-state index contributed by atoms with van der Waals surface area (Å²) in [5, 5.41) is 0. The number of carbonyl (C=O) groups is 1. The molecule has 1 fully saturated rings. The van der Waals surface area contributed by atoms with Crippen molar-refractivity contribution in [3.8, 4) is 0 Å². The molecule has 1 aliphatic carbocycles. The van der Waals surface area contributed by atoms with Crippen LogP contribution in [0.25, 0.3) is 0 Å². The minimum Gasteiger partial charge on any atom is -0.798 e. The fourth-order valence-corrected chi connectivity index (χ4v) is 4.98. The molecule has 3 rings (SSSR count). The number of likely N-dealkylation sites (tertiary alicyclic amines) is 1. The Morgan fingerprint density at radius 3 is 2.42 bits per heavy atom. The highest BCUT2D eigenvalue weighted by Gasteiger charge is 2.32. The number of hydrogen-bond acceptors (Lipinski definition) is 3. The first kappa shape index (κ1) is 12.9. The predicted molar refractivity (Wildman–Crippen MR) is 71.1 cm³/mol. The number of hydrogen-bond donors (Lipinski definition) is 0. The van der Waals surface area contributed by atoms with E-state index in [1.807, 2.05) is 24.3 Å². The van der Waals surface area contributed by atoms with E-state index in [4.69, 9.17) is 0 Å². The standard InChI is InChI=1S/C14H18NO3P/c16-14-6-3-7-15(14)10-19(17,18)13-8-11-4-1-2-5-12(11)9-13/h1-2,4-5,13H,3,6-10H2,(H,17,18)/p-1. The molecule has 1 unspecified atom stereocenters. The van der Waals surface area contributed by atoms with Crippen molar-refractivity contribution < 1.29 is 14.3 Å². The predicted octanol–water partition coefficient (Wildman–Crippen LogP) is 1.37. The molecule has 2 aliphatic rings. The van der Waals surface area contributed by atoms with Crippen molar-refractivity contribution in [1.82, 2.24) is 4.90 Å². The van der Waals surface area contributed by atoms with E-state index < -0.39 is 7.37 Å². The van der Waals surface area contributed by atoms with Crippen LogP contribution in [-0.2, 0) is 22.2 Å². The zero-order valence-electron chi connectivity index (χ0n) is 10.7. The lowest BCUT2D eigenvalue weighted by molar-refractivity contribution is -0.180. The Morgan fingerprint density at radius 2 is 1.89 bits per heavy atom. The minimum atomic E-state index is -3.55. The molecule has 0 radical (unpaired) electrons. The Bertz CT molecular complexity index is 532. The Morgan fingerprint density at radius 1 is 1.26 bits per heavy atom. The quantitative estimate of drug-likeness (QED) is 0.785. The molecule has 0 saturated carbocycles. The van der Waals surface area contributed by atoms with E-state index >= 15 is 0 Å². The molecule has 1 atom stereocenters. The lowest BCUT2D eigenvalue weighted by Gasteiger charge is -2.33. The first-order chi connectivity index (χ1) is 9.06. The topological polar surface area (TPSA) is 60.4 Å². The summed E-state index contributed by atoms with van der Waals surface area (Å²) in [6.45, 7) is 0.588. The van der Waals surface area contributed by atoms with Crippen molar-refractivity contribution in [3.63, 3.8) is 0 Å². The van der Waals surface area contributed by atoms with Crippen molar-refractivity contribution in [1.29, 1.82) is 0 Å². The average molecular weight is 278 g/mol. The van der Waals surface area contributed by atoms with Gasteiger partial charge in [-0.3, -0.25) is 4.79 Å². The van der Waals surface area contributed by atoms with Crippen molar-refractivity contribution in [2.45, 2.75) is 31.3 Å². The van der Waals surface area contributed by atoms with Gasteiger partial charge in [0.2, 0.25) is 5.91 Å². The molecule has 0 aromatic heterocycles. The number of nitrogens with zero attached hydrogens (tertiary/aromatic N) is 1. The Balaban J connectivity index is 1.72. The van der Waals surface area contributed by atoms with Crippen LogP contribution in [0.5, 0.6) is 0 Å². The van der Waals surface area contributed by atoms with E-state index in [9.17, 15) is 14.3 Å². The van der Waals surface area contributed by atoms with Crippen LogP contribution < -0.4 is 4.89 Å². The Kier molecular flexibility index (Phi) is 3.23. The van der Waals surface area contributed by atoms with Crippen molar-refractivity contribution >= 4 is 13.3 Å². The van der Waals surface area contributed by atoms with Gasteiger partial charge in [-0.2, -0.15) is 0 Å². The van der Waals surface area contributed by atoms with Gasteiger partial charge in [0.25, 0.3) is 0 Å². The molecule has 0 bridgehead atoms. The molecule has 1 saturated heterocycles. The molecule has 1 aliphatic heterocycles. The molecule has 102 valence electrons. The van der Waals surface area contributed by atoms with Crippen LogP contribution in [0.3, 0.4) is 0 Å². The number of carbonyl (C=O) groups excluding carboxylic acids is 1. The van der Waals surface area contributed by atoms with Crippen LogP contribution in [-0.4, -0.2) is 29.3 Å². The highest BCUT2D eigenvalue weighted by Crippen LogP contribution is 2.48. The minimum absolute atomic E-state index is 0.0217. The van der Waals surface area contributed by atoms with Crippen LogP contribution in [0.2, 0.25) is 0 Å². The van der Waals surface area contributed by atoms with Gasteiger partial charge in [-0.1, -0.05) is 24.3 Å². The maximum absolute atomic E-state index is 12.4. The zero-order valence-corrected chi connectivity index (χ0v) is 11.6. The summed E-state index contributed by atoms with van der Waals surface area (Å²) in [5.41, 5.74) is 1.94. The molecular formula is C14H17NO3P-. The van der Waals surface area contributed by atoms with Gasteiger partial charge in [0.05, 0.1) is 6.29 Å². The van der Waals surface area contributed by atoms with Gasteiger partial charge in [-0.25, -0.2) is 0 Å². The first-order valence-electron chi connectivity index (χ1n) is 6.70. The van der Waals surface area contributed by atoms with E-state index in [1.54, 1.807) is 0 Å². The maximum Gasteiger partial charge on any atom is 0.223 e. The Labute approximate surface area is 112 Å². The van der Waals surface area contributed by atoms with Gasteiger partial charge in [-0.15, -0.1) is 0 Å². The molecule has 4 nitrogen and oxygen atoms in total. The second-order valence-electron chi connectivity index (χ2n) is 5.46. The number of benzene rings is 1. The smallest absolute Gasteiger partial charge is 0.223 e. The molecule has 1 heterocycles. The van der Waals surface area contributed by atoms with E-state index in [0.717, 1.165) is 17.5 Å². The summed E-state index contributed by atoms with van der Waals surface area (Å²) < 4.78 is 12.4. The van der Waals surface area contributed by atoms with Crippen LogP contribution >= 0.6 is 7.37 Å². The van der Waals surface area contributed by atoms with Crippen LogP contribution in [0.15, 0.2) is 24.3 Å². The van der Waals surface area contributed by atoms with E-state index in [1.165, 1.54) is 4.90 Å². The van der Waals surface area contributed by atoms with Gasteiger partial charge >= 0.3 is 0 Å². The fraction of sp³-hybridized carbons (Fsp3) is 0.500. The third-order valence-corrected chi connectivity index (χ3v) is 6.34. The summed E-state index contributed by atoms with van der Waals surface area (Å²) >= 11 is 0. The van der Waals surface area contributed by atoms with Gasteiger partial charge in [0.15, 0.2) is 0 Å². The van der Waals surface area contributed by atoms with Crippen LogP contribution in [0.1, 0.15) is 24.0 Å². The van der Waals surface area contributed by atoms with Gasteiger partial charge in [0.1, 0.15) is 0 Å². The highest BCUT2D eigenvalue weighted by atomic mass is 31.2. The summed E-state index contributed by atoms with van der Waals surface area (Å²) in [6.07, 6.45) is 2.39. The van der Waals surface area contributed by atoms with Crippen LogP contribution in [0.4, 0.5) is 0 Å². The van der Waals surface area contributed by atoms with Gasteiger partial charge in [-0.05, 0) is 30.4 Å². The third-order valence-electron chi connectivity index (χ3n) is 4.13. The summed E-state index contributed by atoms with van der Waals surface area (Å²) in [5.74, 6) is -0.0217. The lowest BCUT2D eigenvalue weighted by atomic mass is 10.1. The SMILES string of the molecule is O=C1CCCN1CP(=O)([O-])C1Cc2ccccc2C1. The van der Waals surface area contributed by atoms with Crippen LogP contribution in [0, 0.1) is 0 Å². The number of rotatable bonds is 3. The Hall–Kier alpha value is -1.12. The molecule has 1 aromatic carbocycles. The second kappa shape index (κ2) is 4.77. The lowest BCUT2D eigenvalue weighted by Crippen LogP contribution is -2.32. The molecule has 0 spiro atoms. The molecule has 0 N–H and O–H groups in total. The second-order valence-corrected chi connectivity index (χ2v) is 7.92. The first-order valence-corrected chi connectivity index (χ1v) is 8.58. The molecule has 1 aromatic rings. The fourth-order valence-electron chi connectivity index (χ4n) is 3.02. The maximum atomic E-state index is 12.4. The zero-order chi connectivity index (χ0) is 13.5.